The van der Waals surface area contributed by atoms with Crippen LogP contribution in [0.5, 0.6) is 0 Å². The van der Waals surface area contributed by atoms with E-state index in [4.69, 9.17) is 9.47 Å². The Morgan fingerprint density at radius 3 is 2.06 bits per heavy atom. The Morgan fingerprint density at radius 1 is 1.06 bits per heavy atom. The number of nitrogens with zero attached hydrogens (tertiary/aromatic N) is 3. The number of carboxylic acid groups (broad SMARTS) is 1. The van der Waals surface area contributed by atoms with Crippen molar-refractivity contribution in [3.8, 4) is 0 Å². The molecule has 12 nitrogen and oxygen atoms in total. The molecule has 0 unspecified atom stereocenters. The summed E-state index contributed by atoms with van der Waals surface area (Å²) in [5.41, 5.74) is -0.819. The molecule has 1 heterocycles. The zero-order chi connectivity index (χ0) is 26.5. The number of carbonyl (C=O) groups is 6. The van der Waals surface area contributed by atoms with Crippen LogP contribution in [-0.4, -0.2) is 87.6 Å². The summed E-state index contributed by atoms with van der Waals surface area (Å²) in [4.78, 5) is 76.6. The molecule has 0 saturated carbocycles. The molecular weight excluding hydrogens is 462 g/mol. The van der Waals surface area contributed by atoms with Gasteiger partial charge in [0.05, 0.1) is 17.7 Å². The third-order valence-corrected chi connectivity index (χ3v) is 4.91. The van der Waals surface area contributed by atoms with E-state index in [9.17, 15) is 33.9 Å². The third-order valence-electron chi connectivity index (χ3n) is 4.91. The lowest BCUT2D eigenvalue weighted by molar-refractivity contribution is -0.161. The van der Waals surface area contributed by atoms with Crippen molar-refractivity contribution < 1.29 is 43.3 Å². The van der Waals surface area contributed by atoms with Crippen LogP contribution in [-0.2, 0) is 23.9 Å². The first-order valence-electron chi connectivity index (χ1n) is 10.9. The molecule has 12 heteroatoms. The van der Waals surface area contributed by atoms with Gasteiger partial charge in [-0.05, 0) is 46.2 Å². The molecule has 35 heavy (non-hydrogen) atoms. The Bertz CT molecular complexity index is 996. The molecule has 2 rings (SSSR count). The highest BCUT2D eigenvalue weighted by Gasteiger charge is 2.45. The second-order valence-electron chi connectivity index (χ2n) is 8.68. The van der Waals surface area contributed by atoms with Crippen molar-refractivity contribution >= 4 is 35.8 Å². The number of imide groups is 1. The third kappa shape index (κ3) is 6.55. The molecule has 1 N–H and O–H groups in total. The van der Waals surface area contributed by atoms with Gasteiger partial charge in [0, 0.05) is 13.5 Å². The number of carboxylic acids is 1. The second kappa shape index (κ2) is 11.0. The van der Waals surface area contributed by atoms with Gasteiger partial charge in [0.25, 0.3) is 17.7 Å². The summed E-state index contributed by atoms with van der Waals surface area (Å²) in [5, 5.41) is 10.6. The van der Waals surface area contributed by atoms with E-state index in [2.05, 4.69) is 0 Å². The predicted octanol–water partition coefficient (Wildman–Crippen LogP) is 1.69. The van der Waals surface area contributed by atoms with Crippen LogP contribution in [0.2, 0.25) is 0 Å². The van der Waals surface area contributed by atoms with Gasteiger partial charge in [0.15, 0.2) is 0 Å². The largest absolute Gasteiger partial charge is 0.481 e. The summed E-state index contributed by atoms with van der Waals surface area (Å²) >= 11 is 0. The van der Waals surface area contributed by atoms with Crippen LogP contribution in [0.15, 0.2) is 24.3 Å². The molecular formula is C23H29N3O9. The van der Waals surface area contributed by atoms with Crippen molar-refractivity contribution in [3.63, 3.8) is 0 Å². The Morgan fingerprint density at radius 2 is 1.60 bits per heavy atom. The number of fused-ring (bicyclic) bond motifs is 1. The maximum atomic E-state index is 13.7. The Kier molecular flexibility index (Phi) is 8.56. The van der Waals surface area contributed by atoms with E-state index in [1.165, 1.54) is 19.2 Å². The van der Waals surface area contributed by atoms with Gasteiger partial charge in [-0.3, -0.25) is 28.9 Å². The van der Waals surface area contributed by atoms with Gasteiger partial charge in [0.1, 0.15) is 18.2 Å². The number of carbonyl (C=O) groups excluding carboxylic acids is 5. The van der Waals surface area contributed by atoms with E-state index in [-0.39, 0.29) is 17.7 Å². The molecule has 1 aromatic carbocycles. The molecule has 0 fully saturated rings. The lowest BCUT2D eigenvalue weighted by Gasteiger charge is -2.36. The number of hydrogen-bond donors (Lipinski definition) is 1. The first-order valence-corrected chi connectivity index (χ1v) is 10.9. The molecule has 1 aliphatic rings. The molecule has 0 saturated heterocycles. The van der Waals surface area contributed by atoms with E-state index in [1.54, 1.807) is 39.8 Å². The molecule has 0 aromatic heterocycles. The van der Waals surface area contributed by atoms with Crippen molar-refractivity contribution in [1.29, 1.82) is 0 Å². The topological polar surface area (TPSA) is 151 Å². The zero-order valence-corrected chi connectivity index (χ0v) is 20.3. The van der Waals surface area contributed by atoms with Gasteiger partial charge in [-0.25, -0.2) is 14.8 Å². The number of hydrazine groups is 1. The Labute approximate surface area is 202 Å². The maximum absolute atomic E-state index is 13.7. The molecule has 4 amide bonds. The molecule has 1 aliphatic heterocycles. The predicted molar refractivity (Wildman–Crippen MR) is 120 cm³/mol. The molecule has 0 bridgehead atoms. The van der Waals surface area contributed by atoms with Crippen LogP contribution in [0.3, 0.4) is 0 Å². The standard InChI is InChI=1S/C23H29N3O9/c1-6-34-18(29)13-25(24(5)22(33)35-23(2,3)4)21(32)16(11-12-17(27)28)26-19(30)14-9-7-8-10-15(14)20(26)31/h7-10,16H,6,11-13H2,1-5H3,(H,27,28)/t16-/m0/s1. The summed E-state index contributed by atoms with van der Waals surface area (Å²) in [5.74, 6) is -4.73. The molecule has 190 valence electrons. The average Bonchev–Trinajstić information content (AvgIpc) is 3.01. The second-order valence-corrected chi connectivity index (χ2v) is 8.68. The molecule has 0 spiro atoms. The van der Waals surface area contributed by atoms with Crippen LogP contribution >= 0.6 is 0 Å². The van der Waals surface area contributed by atoms with Gasteiger partial charge < -0.3 is 14.6 Å². The zero-order valence-electron chi connectivity index (χ0n) is 20.3. The van der Waals surface area contributed by atoms with E-state index in [1.807, 2.05) is 0 Å². The summed E-state index contributed by atoms with van der Waals surface area (Å²) in [6.07, 6.45) is -2.00. The number of ether oxygens (including phenoxy) is 2. The molecule has 1 aromatic rings. The number of amides is 4. The minimum atomic E-state index is -1.61. The van der Waals surface area contributed by atoms with Crippen LogP contribution in [0.25, 0.3) is 0 Å². The van der Waals surface area contributed by atoms with Crippen LogP contribution < -0.4 is 0 Å². The quantitative estimate of drug-likeness (QED) is 0.325. The average molecular weight is 491 g/mol. The minimum absolute atomic E-state index is 0.00212. The number of aliphatic carboxylic acids is 1. The number of benzene rings is 1. The maximum Gasteiger partial charge on any atom is 0.429 e. The van der Waals surface area contributed by atoms with Crippen LogP contribution in [0, 0.1) is 0 Å². The fourth-order valence-electron chi connectivity index (χ4n) is 3.37. The smallest absolute Gasteiger partial charge is 0.429 e. The van der Waals surface area contributed by atoms with Crippen molar-refractivity contribution in [1.82, 2.24) is 14.9 Å². The van der Waals surface area contributed by atoms with Crippen molar-refractivity contribution in [2.24, 2.45) is 0 Å². The monoisotopic (exact) mass is 491 g/mol. The first-order chi connectivity index (χ1) is 16.3. The van der Waals surface area contributed by atoms with Crippen molar-refractivity contribution in [2.45, 2.75) is 52.2 Å². The van der Waals surface area contributed by atoms with Crippen LogP contribution in [0.4, 0.5) is 4.79 Å². The summed E-state index contributed by atoms with van der Waals surface area (Å²) in [6.45, 7) is 5.61. The fraction of sp³-hybridized carbons (Fsp3) is 0.478. The van der Waals surface area contributed by atoms with Crippen molar-refractivity contribution in [3.05, 3.63) is 35.4 Å². The lowest BCUT2D eigenvalue weighted by Crippen LogP contribution is -2.58. The summed E-state index contributed by atoms with van der Waals surface area (Å²) in [7, 11) is 1.17. The van der Waals surface area contributed by atoms with Gasteiger partial charge in [-0.15, -0.1) is 0 Å². The van der Waals surface area contributed by atoms with E-state index in [0.717, 1.165) is 5.01 Å². The van der Waals surface area contributed by atoms with Gasteiger partial charge >= 0.3 is 18.0 Å². The van der Waals surface area contributed by atoms with E-state index >= 15 is 0 Å². The van der Waals surface area contributed by atoms with E-state index in [0.29, 0.717) is 9.91 Å². The normalized spacial score (nSPS) is 13.7. The van der Waals surface area contributed by atoms with Gasteiger partial charge in [0.2, 0.25) is 0 Å². The number of hydrogen-bond acceptors (Lipinski definition) is 8. The van der Waals surface area contributed by atoms with Crippen LogP contribution in [0.1, 0.15) is 61.3 Å². The van der Waals surface area contributed by atoms with Crippen molar-refractivity contribution in [2.75, 3.05) is 20.2 Å². The summed E-state index contributed by atoms with van der Waals surface area (Å²) < 4.78 is 10.2. The molecule has 1 atom stereocenters. The number of rotatable bonds is 8. The number of esters is 1. The Hall–Kier alpha value is -3.96. The highest BCUT2D eigenvalue weighted by atomic mass is 16.6. The lowest BCUT2D eigenvalue weighted by atomic mass is 10.1. The SMILES string of the molecule is CCOC(=O)CN(C(=O)[C@H](CCC(=O)O)N1C(=O)c2ccccc2C1=O)N(C)C(=O)OC(C)(C)C. The van der Waals surface area contributed by atoms with E-state index < -0.39 is 66.8 Å². The molecule has 0 radical (unpaired) electrons. The highest BCUT2D eigenvalue weighted by Crippen LogP contribution is 2.27. The van der Waals surface area contributed by atoms with Gasteiger partial charge in [-0.2, -0.15) is 0 Å². The van der Waals surface area contributed by atoms with Gasteiger partial charge in [-0.1, -0.05) is 12.1 Å². The molecule has 0 aliphatic carbocycles. The Balaban J connectivity index is 2.48. The first kappa shape index (κ1) is 27.3. The fourth-order valence-corrected chi connectivity index (χ4v) is 3.37. The highest BCUT2D eigenvalue weighted by molar-refractivity contribution is 6.22. The minimum Gasteiger partial charge on any atom is -0.481 e. The summed E-state index contributed by atoms with van der Waals surface area (Å²) in [6, 6.07) is 4.31.